The minimum atomic E-state index is -2.92. The maximum atomic E-state index is 12.8. The van der Waals surface area contributed by atoms with Gasteiger partial charge in [-0.05, 0) is 12.8 Å². The zero-order valence-electron chi connectivity index (χ0n) is 5.81. The first-order valence-electron chi connectivity index (χ1n) is 3.63. The summed E-state index contributed by atoms with van der Waals surface area (Å²) in [6, 6.07) is 0. The summed E-state index contributed by atoms with van der Waals surface area (Å²) in [5.41, 5.74) is -1.13. The molecule has 0 bridgehead atoms. The quantitative estimate of drug-likeness (QED) is 0.634. The molecule has 0 aromatic rings. The Morgan fingerprint density at radius 2 is 2.00 bits per heavy atom. The van der Waals surface area contributed by atoms with Gasteiger partial charge in [0.2, 0.25) is 0 Å². The Bertz CT molecular complexity index is 220. The molecule has 0 aliphatic heterocycles. The molecule has 0 heterocycles. The highest BCUT2D eigenvalue weighted by Gasteiger charge is 2.85. The summed E-state index contributed by atoms with van der Waals surface area (Å²) in [5.74, 6) is -5.64. The number of hydrogen-bond donors (Lipinski definition) is 1. The van der Waals surface area contributed by atoms with Gasteiger partial charge in [-0.25, -0.2) is 8.78 Å². The minimum absolute atomic E-state index is 0.386. The van der Waals surface area contributed by atoms with Crippen LogP contribution in [0.4, 0.5) is 8.78 Å². The lowest BCUT2D eigenvalue weighted by Crippen LogP contribution is -2.21. The van der Waals surface area contributed by atoms with E-state index in [1.807, 2.05) is 0 Å². The molecule has 2 nitrogen and oxygen atoms in total. The predicted octanol–water partition coefficient (Wildman–Crippen LogP) is 1.51. The fraction of sp³-hybridized carbons (Fsp3) is 0.857. The third-order valence-electron chi connectivity index (χ3n) is 2.99. The lowest BCUT2D eigenvalue weighted by molar-refractivity contribution is -0.141. The van der Waals surface area contributed by atoms with Gasteiger partial charge in [-0.15, -0.1) is 0 Å². The van der Waals surface area contributed by atoms with Gasteiger partial charge >= 0.3 is 5.97 Å². The number of aliphatic carboxylic acids is 1. The molecule has 2 fully saturated rings. The van der Waals surface area contributed by atoms with Crippen molar-refractivity contribution in [3.8, 4) is 0 Å². The van der Waals surface area contributed by atoms with Crippen LogP contribution in [0, 0.1) is 11.3 Å². The molecule has 0 saturated heterocycles. The summed E-state index contributed by atoms with van der Waals surface area (Å²) < 4.78 is 25.5. The molecule has 0 radical (unpaired) electrons. The van der Waals surface area contributed by atoms with E-state index in [1.54, 1.807) is 0 Å². The van der Waals surface area contributed by atoms with E-state index in [2.05, 4.69) is 0 Å². The molecule has 1 N–H and O–H groups in total. The van der Waals surface area contributed by atoms with Crippen LogP contribution >= 0.6 is 0 Å². The zero-order chi connectivity index (χ0) is 8.28. The molecule has 0 aromatic carbocycles. The lowest BCUT2D eigenvalue weighted by Gasteiger charge is -2.25. The summed E-state index contributed by atoms with van der Waals surface area (Å²) >= 11 is 0. The van der Waals surface area contributed by atoms with Crippen LogP contribution in [0.3, 0.4) is 0 Å². The standard InChI is InChI=1S/C7H8F2O2/c8-7(9)4(5(10)11)6(7)2-1-3-6/h4H,1-3H2,(H,10,11). The molecule has 0 aromatic heterocycles. The smallest absolute Gasteiger partial charge is 0.313 e. The first kappa shape index (κ1) is 7.00. The van der Waals surface area contributed by atoms with Crippen molar-refractivity contribution in [2.24, 2.45) is 11.3 Å². The number of halogens is 2. The van der Waals surface area contributed by atoms with Crippen molar-refractivity contribution in [2.45, 2.75) is 25.2 Å². The van der Waals surface area contributed by atoms with Crippen LogP contribution in [-0.4, -0.2) is 17.0 Å². The Hall–Kier alpha value is -0.670. The van der Waals surface area contributed by atoms with E-state index in [1.165, 1.54) is 0 Å². The fourth-order valence-electron chi connectivity index (χ4n) is 2.08. The van der Waals surface area contributed by atoms with Gasteiger partial charge in [0.1, 0.15) is 5.92 Å². The third kappa shape index (κ3) is 0.545. The highest BCUT2D eigenvalue weighted by molar-refractivity contribution is 5.78. The number of carboxylic acid groups (broad SMARTS) is 1. The molecule has 1 atom stereocenters. The number of alkyl halides is 2. The van der Waals surface area contributed by atoms with Crippen LogP contribution in [0.1, 0.15) is 19.3 Å². The Labute approximate surface area is 62.2 Å². The van der Waals surface area contributed by atoms with Crippen molar-refractivity contribution in [3.05, 3.63) is 0 Å². The second-order valence-corrected chi connectivity index (χ2v) is 3.40. The Balaban J connectivity index is 2.22. The number of carboxylic acids is 1. The summed E-state index contributed by atoms with van der Waals surface area (Å²) in [6.07, 6.45) is 1.52. The summed E-state index contributed by atoms with van der Waals surface area (Å²) in [6.45, 7) is 0. The van der Waals surface area contributed by atoms with Crippen LogP contribution in [0.15, 0.2) is 0 Å². The molecule has 2 aliphatic rings. The van der Waals surface area contributed by atoms with Gasteiger partial charge in [-0.3, -0.25) is 4.79 Å². The van der Waals surface area contributed by atoms with E-state index in [0.717, 1.165) is 6.42 Å². The largest absolute Gasteiger partial charge is 0.481 e. The van der Waals surface area contributed by atoms with E-state index < -0.39 is 23.2 Å². The maximum Gasteiger partial charge on any atom is 0.313 e. The second-order valence-electron chi connectivity index (χ2n) is 3.40. The molecule has 62 valence electrons. The van der Waals surface area contributed by atoms with E-state index >= 15 is 0 Å². The average molecular weight is 162 g/mol. The third-order valence-corrected chi connectivity index (χ3v) is 2.99. The first-order chi connectivity index (χ1) is 5.02. The summed E-state index contributed by atoms with van der Waals surface area (Å²) in [5, 5.41) is 8.41. The monoisotopic (exact) mass is 162 g/mol. The Morgan fingerprint density at radius 3 is 2.09 bits per heavy atom. The van der Waals surface area contributed by atoms with E-state index in [9.17, 15) is 13.6 Å². The first-order valence-corrected chi connectivity index (χ1v) is 3.63. The van der Waals surface area contributed by atoms with E-state index in [4.69, 9.17) is 5.11 Å². The van der Waals surface area contributed by atoms with Crippen molar-refractivity contribution < 1.29 is 18.7 Å². The van der Waals surface area contributed by atoms with Gasteiger partial charge in [0, 0.05) is 0 Å². The van der Waals surface area contributed by atoms with Crippen molar-refractivity contribution in [1.29, 1.82) is 0 Å². The van der Waals surface area contributed by atoms with Crippen LogP contribution in [0.25, 0.3) is 0 Å². The molecule has 1 spiro atoms. The van der Waals surface area contributed by atoms with Crippen molar-refractivity contribution in [2.75, 3.05) is 0 Å². The highest BCUT2D eigenvalue weighted by atomic mass is 19.3. The van der Waals surface area contributed by atoms with Gasteiger partial charge in [-0.2, -0.15) is 0 Å². The molecule has 0 amide bonds. The number of hydrogen-bond acceptors (Lipinski definition) is 1. The zero-order valence-corrected chi connectivity index (χ0v) is 5.81. The fourth-order valence-corrected chi connectivity index (χ4v) is 2.08. The van der Waals surface area contributed by atoms with E-state index in [0.29, 0.717) is 12.8 Å². The topological polar surface area (TPSA) is 37.3 Å². The van der Waals surface area contributed by atoms with Gasteiger partial charge < -0.3 is 5.11 Å². The van der Waals surface area contributed by atoms with E-state index in [-0.39, 0.29) is 0 Å². The maximum absolute atomic E-state index is 12.8. The molecular formula is C7H8F2O2. The van der Waals surface area contributed by atoms with Crippen molar-refractivity contribution >= 4 is 5.97 Å². The Morgan fingerprint density at radius 1 is 1.45 bits per heavy atom. The molecular weight excluding hydrogens is 154 g/mol. The SMILES string of the molecule is O=C(O)C1C(F)(F)C12CCC2. The molecule has 11 heavy (non-hydrogen) atoms. The summed E-state index contributed by atoms with van der Waals surface area (Å²) in [7, 11) is 0. The predicted molar refractivity (Wildman–Crippen MR) is 32.4 cm³/mol. The normalized spacial score (nSPS) is 36.4. The Kier molecular flexibility index (Phi) is 0.997. The van der Waals surface area contributed by atoms with Crippen LogP contribution in [0.5, 0.6) is 0 Å². The molecule has 2 aliphatic carbocycles. The van der Waals surface area contributed by atoms with Gasteiger partial charge in [0.25, 0.3) is 5.92 Å². The van der Waals surface area contributed by atoms with Crippen LogP contribution < -0.4 is 0 Å². The van der Waals surface area contributed by atoms with Crippen molar-refractivity contribution in [1.82, 2.24) is 0 Å². The van der Waals surface area contributed by atoms with Crippen LogP contribution in [0.2, 0.25) is 0 Å². The van der Waals surface area contributed by atoms with Crippen LogP contribution in [-0.2, 0) is 4.79 Å². The second kappa shape index (κ2) is 1.57. The molecule has 2 saturated carbocycles. The molecule has 4 heteroatoms. The molecule has 1 unspecified atom stereocenters. The lowest BCUT2D eigenvalue weighted by atomic mass is 9.79. The number of rotatable bonds is 1. The highest BCUT2D eigenvalue weighted by Crippen LogP contribution is 2.75. The number of carbonyl (C=O) groups is 1. The van der Waals surface area contributed by atoms with Gasteiger partial charge in [0.15, 0.2) is 0 Å². The molecule has 2 rings (SSSR count). The average Bonchev–Trinajstić information content (AvgIpc) is 2.25. The van der Waals surface area contributed by atoms with Crippen molar-refractivity contribution in [3.63, 3.8) is 0 Å². The summed E-state index contributed by atoms with van der Waals surface area (Å²) in [4.78, 5) is 10.3. The minimum Gasteiger partial charge on any atom is -0.481 e. The van der Waals surface area contributed by atoms with Gasteiger partial charge in [-0.1, -0.05) is 6.42 Å². The van der Waals surface area contributed by atoms with Gasteiger partial charge in [0.05, 0.1) is 5.41 Å².